The van der Waals surface area contributed by atoms with Crippen molar-refractivity contribution in [1.29, 1.82) is 0 Å². The molecule has 0 radical (unpaired) electrons. The molecule has 0 aromatic heterocycles. The minimum atomic E-state index is -0.355. The molecule has 2 amide bonds. The van der Waals surface area contributed by atoms with Gasteiger partial charge in [-0.25, -0.2) is 0 Å². The molecule has 0 aliphatic rings. The molecule has 0 saturated carbocycles. The Morgan fingerprint density at radius 1 is 0.958 bits per heavy atom. The molecule has 0 saturated heterocycles. The third kappa shape index (κ3) is 3.84. The van der Waals surface area contributed by atoms with Crippen LogP contribution in [0.1, 0.15) is 20.7 Å². The molecule has 0 heterocycles. The maximum Gasteiger partial charge on any atom is 0.255 e. The van der Waals surface area contributed by atoms with Crippen LogP contribution in [0.15, 0.2) is 42.5 Å². The number of anilines is 1. The SMILES string of the molecule is COc1cc(OC)cc(C(=O)Nc2ccccc2C(=O)N(C)C)c1. The van der Waals surface area contributed by atoms with E-state index >= 15 is 0 Å². The van der Waals surface area contributed by atoms with Gasteiger partial charge in [0.1, 0.15) is 11.5 Å². The number of amides is 2. The number of nitrogens with one attached hydrogen (secondary N) is 1. The van der Waals surface area contributed by atoms with Crippen LogP contribution in [0.25, 0.3) is 0 Å². The van der Waals surface area contributed by atoms with E-state index in [1.165, 1.54) is 19.1 Å². The molecule has 6 nitrogen and oxygen atoms in total. The summed E-state index contributed by atoms with van der Waals surface area (Å²) in [7, 11) is 6.35. The highest BCUT2D eigenvalue weighted by molar-refractivity contribution is 6.09. The maximum absolute atomic E-state index is 12.5. The highest BCUT2D eigenvalue weighted by Crippen LogP contribution is 2.24. The maximum atomic E-state index is 12.5. The van der Waals surface area contributed by atoms with E-state index in [0.29, 0.717) is 28.3 Å². The predicted molar refractivity (Wildman–Crippen MR) is 92.0 cm³/mol. The second kappa shape index (κ2) is 7.50. The molecule has 0 aliphatic carbocycles. The molecule has 0 bridgehead atoms. The Labute approximate surface area is 141 Å². The number of para-hydroxylation sites is 1. The van der Waals surface area contributed by atoms with Gasteiger partial charge in [-0.3, -0.25) is 9.59 Å². The lowest BCUT2D eigenvalue weighted by Gasteiger charge is -2.15. The summed E-state index contributed by atoms with van der Waals surface area (Å²) in [5, 5.41) is 2.77. The summed E-state index contributed by atoms with van der Waals surface area (Å²) in [6.07, 6.45) is 0. The van der Waals surface area contributed by atoms with E-state index in [0.717, 1.165) is 0 Å². The lowest BCUT2D eigenvalue weighted by molar-refractivity contribution is 0.0828. The van der Waals surface area contributed by atoms with Crippen LogP contribution in [0.5, 0.6) is 11.5 Å². The van der Waals surface area contributed by atoms with Crippen molar-refractivity contribution in [3.05, 3.63) is 53.6 Å². The van der Waals surface area contributed by atoms with Crippen LogP contribution in [0.4, 0.5) is 5.69 Å². The summed E-state index contributed by atoms with van der Waals surface area (Å²) in [5.41, 5.74) is 1.24. The molecule has 6 heteroatoms. The molecule has 2 aromatic carbocycles. The van der Waals surface area contributed by atoms with Gasteiger partial charge in [0.05, 0.1) is 25.5 Å². The van der Waals surface area contributed by atoms with Crippen molar-refractivity contribution in [3.8, 4) is 11.5 Å². The predicted octanol–water partition coefficient (Wildman–Crippen LogP) is 2.66. The van der Waals surface area contributed by atoms with Gasteiger partial charge in [-0.05, 0) is 24.3 Å². The average Bonchev–Trinajstić information content (AvgIpc) is 2.60. The lowest BCUT2D eigenvalue weighted by Crippen LogP contribution is -2.24. The van der Waals surface area contributed by atoms with E-state index in [1.54, 1.807) is 56.6 Å². The van der Waals surface area contributed by atoms with Gasteiger partial charge in [0.2, 0.25) is 0 Å². The summed E-state index contributed by atoms with van der Waals surface area (Å²) < 4.78 is 10.3. The second-order valence-electron chi connectivity index (χ2n) is 5.30. The van der Waals surface area contributed by atoms with Gasteiger partial charge >= 0.3 is 0 Å². The van der Waals surface area contributed by atoms with Crippen molar-refractivity contribution < 1.29 is 19.1 Å². The van der Waals surface area contributed by atoms with E-state index in [2.05, 4.69) is 5.32 Å². The molecule has 0 atom stereocenters. The number of hydrogen-bond acceptors (Lipinski definition) is 4. The molecule has 126 valence electrons. The van der Waals surface area contributed by atoms with E-state index in [9.17, 15) is 9.59 Å². The van der Waals surface area contributed by atoms with Crippen LogP contribution in [-0.4, -0.2) is 45.0 Å². The Balaban J connectivity index is 2.32. The fourth-order valence-corrected chi connectivity index (χ4v) is 2.15. The minimum absolute atomic E-state index is 0.186. The Bertz CT molecular complexity index is 734. The van der Waals surface area contributed by atoms with E-state index < -0.39 is 0 Å². The molecule has 2 rings (SSSR count). The zero-order valence-electron chi connectivity index (χ0n) is 14.1. The molecule has 24 heavy (non-hydrogen) atoms. The van der Waals surface area contributed by atoms with E-state index in [4.69, 9.17) is 9.47 Å². The number of methoxy groups -OCH3 is 2. The number of rotatable bonds is 5. The summed E-state index contributed by atoms with van der Waals surface area (Å²) in [4.78, 5) is 26.2. The Morgan fingerprint density at radius 2 is 1.54 bits per heavy atom. The van der Waals surface area contributed by atoms with Crippen LogP contribution in [-0.2, 0) is 0 Å². The number of hydrogen-bond donors (Lipinski definition) is 1. The molecular formula is C18H20N2O4. The van der Waals surface area contributed by atoms with Crippen molar-refractivity contribution >= 4 is 17.5 Å². The first-order valence-corrected chi connectivity index (χ1v) is 7.31. The molecule has 2 aromatic rings. The van der Waals surface area contributed by atoms with Crippen molar-refractivity contribution in [3.63, 3.8) is 0 Å². The molecular weight excluding hydrogens is 308 g/mol. The van der Waals surface area contributed by atoms with Crippen LogP contribution < -0.4 is 14.8 Å². The number of nitrogens with zero attached hydrogens (tertiary/aromatic N) is 1. The first-order valence-electron chi connectivity index (χ1n) is 7.31. The Kier molecular flexibility index (Phi) is 5.42. The van der Waals surface area contributed by atoms with Crippen molar-refractivity contribution in [2.24, 2.45) is 0 Å². The zero-order chi connectivity index (χ0) is 17.7. The third-order valence-corrected chi connectivity index (χ3v) is 3.43. The highest BCUT2D eigenvalue weighted by Gasteiger charge is 2.16. The first kappa shape index (κ1) is 17.3. The van der Waals surface area contributed by atoms with Gasteiger partial charge in [-0.1, -0.05) is 12.1 Å². The molecule has 0 unspecified atom stereocenters. The molecule has 0 fully saturated rings. The summed E-state index contributed by atoms with van der Waals surface area (Å²) in [6.45, 7) is 0. The van der Waals surface area contributed by atoms with Gasteiger partial charge in [0.25, 0.3) is 11.8 Å². The quantitative estimate of drug-likeness (QED) is 0.916. The van der Waals surface area contributed by atoms with E-state index in [1.807, 2.05) is 0 Å². The van der Waals surface area contributed by atoms with Crippen LogP contribution in [0, 0.1) is 0 Å². The highest BCUT2D eigenvalue weighted by atomic mass is 16.5. The summed E-state index contributed by atoms with van der Waals surface area (Å²) in [5.74, 6) is 0.481. The van der Waals surface area contributed by atoms with Gasteiger partial charge in [-0.2, -0.15) is 0 Å². The van der Waals surface area contributed by atoms with Crippen molar-refractivity contribution in [1.82, 2.24) is 4.90 Å². The Morgan fingerprint density at radius 3 is 2.08 bits per heavy atom. The topological polar surface area (TPSA) is 67.9 Å². The van der Waals surface area contributed by atoms with Crippen LogP contribution in [0.3, 0.4) is 0 Å². The average molecular weight is 328 g/mol. The van der Waals surface area contributed by atoms with Gasteiger partial charge < -0.3 is 19.7 Å². The fraction of sp³-hybridized carbons (Fsp3) is 0.222. The summed E-state index contributed by atoms with van der Waals surface area (Å²) >= 11 is 0. The number of ether oxygens (including phenoxy) is 2. The normalized spacial score (nSPS) is 10.0. The number of carbonyl (C=O) groups excluding carboxylic acids is 2. The van der Waals surface area contributed by atoms with E-state index in [-0.39, 0.29) is 11.8 Å². The smallest absolute Gasteiger partial charge is 0.255 e. The zero-order valence-corrected chi connectivity index (χ0v) is 14.1. The molecule has 0 aliphatic heterocycles. The fourth-order valence-electron chi connectivity index (χ4n) is 2.15. The van der Waals surface area contributed by atoms with Crippen LogP contribution in [0.2, 0.25) is 0 Å². The van der Waals surface area contributed by atoms with Crippen LogP contribution >= 0.6 is 0 Å². The second-order valence-corrected chi connectivity index (χ2v) is 5.30. The van der Waals surface area contributed by atoms with Crippen molar-refractivity contribution in [2.45, 2.75) is 0 Å². The number of benzene rings is 2. The standard InChI is InChI=1S/C18H20N2O4/c1-20(2)18(22)15-7-5-6-8-16(15)19-17(21)12-9-13(23-3)11-14(10-12)24-4/h5-11H,1-4H3,(H,19,21). The molecule has 0 spiro atoms. The Hall–Kier alpha value is -3.02. The van der Waals surface area contributed by atoms with Crippen molar-refractivity contribution in [2.75, 3.05) is 33.6 Å². The lowest BCUT2D eigenvalue weighted by atomic mass is 10.1. The van der Waals surface area contributed by atoms with Gasteiger partial charge in [0.15, 0.2) is 0 Å². The third-order valence-electron chi connectivity index (χ3n) is 3.43. The monoisotopic (exact) mass is 328 g/mol. The molecule has 1 N–H and O–H groups in total. The largest absolute Gasteiger partial charge is 0.497 e. The minimum Gasteiger partial charge on any atom is -0.497 e. The van der Waals surface area contributed by atoms with Gasteiger partial charge in [-0.15, -0.1) is 0 Å². The van der Waals surface area contributed by atoms with Gasteiger partial charge in [0, 0.05) is 25.7 Å². The first-order chi connectivity index (χ1) is 11.5. The summed E-state index contributed by atoms with van der Waals surface area (Å²) in [6, 6.07) is 11.8. The number of carbonyl (C=O) groups is 2.